The lowest BCUT2D eigenvalue weighted by atomic mass is 10.4. The number of hydrogen-bond acceptors (Lipinski definition) is 3. The van der Waals surface area contributed by atoms with Gasteiger partial charge in [-0.2, -0.15) is 13.2 Å². The maximum absolute atomic E-state index is 11.9. The predicted molar refractivity (Wildman–Crippen MR) is 58.6 cm³/mol. The zero-order chi connectivity index (χ0) is 13.8. The minimum atomic E-state index is -4.31. The zero-order valence-electron chi connectivity index (χ0n) is 10.2. The summed E-state index contributed by atoms with van der Waals surface area (Å²) >= 11 is 0. The third kappa shape index (κ3) is 4.74. The Kier molecular flexibility index (Phi) is 4.71. The summed E-state index contributed by atoms with van der Waals surface area (Å²) in [7, 11) is 3.30. The van der Waals surface area contributed by atoms with Crippen molar-refractivity contribution in [1.29, 1.82) is 0 Å². The fourth-order valence-electron chi connectivity index (χ4n) is 1.30. The molecule has 1 heterocycles. The molecule has 0 radical (unpaired) electrons. The van der Waals surface area contributed by atoms with E-state index in [-0.39, 0.29) is 13.1 Å². The van der Waals surface area contributed by atoms with E-state index in [4.69, 9.17) is 0 Å². The van der Waals surface area contributed by atoms with Crippen LogP contribution in [0.15, 0.2) is 12.4 Å². The molecule has 0 aliphatic heterocycles. The van der Waals surface area contributed by atoms with Gasteiger partial charge in [0.25, 0.3) is 0 Å². The lowest BCUT2D eigenvalue weighted by Crippen LogP contribution is -2.39. The standard InChI is InChI=1S/C10H15F3N4O/c1-16-4-3-15-8(16)6-17(2)9(18)5-14-7-10(11,12)13/h3-4,14H,5-7H2,1-2H3. The predicted octanol–water partition coefficient (Wildman–Crippen LogP) is 0.530. The summed E-state index contributed by atoms with van der Waals surface area (Å²) in [6.07, 6.45) is -0.983. The minimum Gasteiger partial charge on any atom is -0.337 e. The van der Waals surface area contributed by atoms with E-state index in [0.717, 1.165) is 0 Å². The Morgan fingerprint density at radius 2 is 2.22 bits per heavy atom. The van der Waals surface area contributed by atoms with E-state index < -0.39 is 18.6 Å². The molecule has 0 bridgehead atoms. The van der Waals surface area contributed by atoms with E-state index in [9.17, 15) is 18.0 Å². The number of hydrogen-bond donors (Lipinski definition) is 1. The number of likely N-dealkylation sites (N-methyl/N-ethyl adjacent to an activating group) is 1. The Morgan fingerprint density at radius 1 is 1.56 bits per heavy atom. The second-order valence-corrected chi connectivity index (χ2v) is 3.92. The van der Waals surface area contributed by atoms with Crippen molar-refractivity contribution in [2.75, 3.05) is 20.1 Å². The highest BCUT2D eigenvalue weighted by molar-refractivity contribution is 5.77. The van der Waals surface area contributed by atoms with Crippen LogP contribution in [0.1, 0.15) is 5.82 Å². The van der Waals surface area contributed by atoms with Crippen molar-refractivity contribution in [2.45, 2.75) is 12.7 Å². The van der Waals surface area contributed by atoms with Crippen molar-refractivity contribution < 1.29 is 18.0 Å². The largest absolute Gasteiger partial charge is 0.401 e. The van der Waals surface area contributed by atoms with Gasteiger partial charge in [0.15, 0.2) is 0 Å². The third-order valence-electron chi connectivity index (χ3n) is 2.33. The van der Waals surface area contributed by atoms with Gasteiger partial charge in [0, 0.05) is 26.5 Å². The fourth-order valence-corrected chi connectivity index (χ4v) is 1.30. The van der Waals surface area contributed by atoms with Crippen LogP contribution in [0, 0.1) is 0 Å². The SMILES string of the molecule is CN(Cc1nccn1C)C(=O)CNCC(F)(F)F. The van der Waals surface area contributed by atoms with Gasteiger partial charge >= 0.3 is 6.18 Å². The quantitative estimate of drug-likeness (QED) is 0.844. The van der Waals surface area contributed by atoms with E-state index >= 15 is 0 Å². The van der Waals surface area contributed by atoms with Gasteiger partial charge in [0.2, 0.25) is 5.91 Å². The molecule has 1 aromatic rings. The van der Waals surface area contributed by atoms with Crippen molar-refractivity contribution in [3.8, 4) is 0 Å². The number of aromatic nitrogens is 2. The third-order valence-corrected chi connectivity index (χ3v) is 2.33. The van der Waals surface area contributed by atoms with E-state index in [1.54, 1.807) is 24.0 Å². The maximum Gasteiger partial charge on any atom is 0.401 e. The molecule has 1 N–H and O–H groups in total. The van der Waals surface area contributed by atoms with Crippen LogP contribution >= 0.6 is 0 Å². The van der Waals surface area contributed by atoms with E-state index in [0.29, 0.717) is 5.82 Å². The number of carbonyl (C=O) groups is 1. The Morgan fingerprint density at radius 3 is 2.72 bits per heavy atom. The van der Waals surface area contributed by atoms with E-state index in [1.165, 1.54) is 11.9 Å². The topological polar surface area (TPSA) is 50.2 Å². The van der Waals surface area contributed by atoms with Crippen LogP contribution in [0.3, 0.4) is 0 Å². The number of imidazole rings is 1. The fraction of sp³-hybridized carbons (Fsp3) is 0.600. The van der Waals surface area contributed by atoms with Crippen LogP contribution in [-0.2, 0) is 18.4 Å². The summed E-state index contributed by atoms with van der Waals surface area (Å²) < 4.78 is 37.3. The minimum absolute atomic E-state index is 0.260. The summed E-state index contributed by atoms with van der Waals surface area (Å²) in [5.74, 6) is 0.254. The highest BCUT2D eigenvalue weighted by Crippen LogP contribution is 2.11. The first-order valence-corrected chi connectivity index (χ1v) is 5.27. The summed E-state index contributed by atoms with van der Waals surface area (Å²) in [6, 6.07) is 0. The molecule has 102 valence electrons. The van der Waals surface area contributed by atoms with Gasteiger partial charge in [-0.25, -0.2) is 4.98 Å². The molecule has 5 nitrogen and oxygen atoms in total. The molecule has 0 aliphatic rings. The summed E-state index contributed by atoms with van der Waals surface area (Å²) in [6.45, 7) is -1.26. The molecule has 1 rings (SSSR count). The van der Waals surface area contributed by atoms with Gasteiger partial charge < -0.3 is 14.8 Å². The molecular weight excluding hydrogens is 249 g/mol. The molecule has 0 spiro atoms. The van der Waals surface area contributed by atoms with Crippen LogP contribution in [0.5, 0.6) is 0 Å². The Hall–Kier alpha value is -1.57. The van der Waals surface area contributed by atoms with Crippen LogP contribution in [-0.4, -0.2) is 46.7 Å². The molecule has 1 amide bonds. The van der Waals surface area contributed by atoms with Crippen molar-refractivity contribution in [3.63, 3.8) is 0 Å². The second-order valence-electron chi connectivity index (χ2n) is 3.92. The van der Waals surface area contributed by atoms with Gasteiger partial charge in [0.05, 0.1) is 19.6 Å². The maximum atomic E-state index is 11.9. The Balaban J connectivity index is 2.36. The highest BCUT2D eigenvalue weighted by atomic mass is 19.4. The van der Waals surface area contributed by atoms with Gasteiger partial charge in [-0.1, -0.05) is 0 Å². The summed E-state index contributed by atoms with van der Waals surface area (Å²) in [4.78, 5) is 16.9. The van der Waals surface area contributed by atoms with Crippen molar-refractivity contribution in [2.24, 2.45) is 7.05 Å². The second kappa shape index (κ2) is 5.85. The molecule has 1 aromatic heterocycles. The highest BCUT2D eigenvalue weighted by Gasteiger charge is 2.26. The number of rotatable bonds is 5. The number of nitrogens with zero attached hydrogens (tertiary/aromatic N) is 3. The van der Waals surface area contributed by atoms with Crippen molar-refractivity contribution >= 4 is 5.91 Å². The van der Waals surface area contributed by atoms with Gasteiger partial charge in [0.1, 0.15) is 5.82 Å². The zero-order valence-corrected chi connectivity index (χ0v) is 10.2. The lowest BCUT2D eigenvalue weighted by Gasteiger charge is -2.17. The number of aryl methyl sites for hydroxylation is 1. The Labute approximate surface area is 103 Å². The van der Waals surface area contributed by atoms with Crippen LogP contribution in [0.4, 0.5) is 13.2 Å². The molecule has 0 saturated heterocycles. The summed E-state index contributed by atoms with van der Waals surface area (Å²) in [5, 5.41) is 2.06. The van der Waals surface area contributed by atoms with Gasteiger partial charge in [-0.15, -0.1) is 0 Å². The number of halogens is 3. The van der Waals surface area contributed by atoms with E-state index in [2.05, 4.69) is 10.3 Å². The first-order chi connectivity index (χ1) is 8.29. The smallest absolute Gasteiger partial charge is 0.337 e. The van der Waals surface area contributed by atoms with Crippen molar-refractivity contribution in [1.82, 2.24) is 19.8 Å². The number of carbonyl (C=O) groups excluding carboxylic acids is 1. The number of alkyl halides is 3. The molecule has 0 saturated carbocycles. The summed E-state index contributed by atoms with van der Waals surface area (Å²) in [5.41, 5.74) is 0. The van der Waals surface area contributed by atoms with Crippen molar-refractivity contribution in [3.05, 3.63) is 18.2 Å². The van der Waals surface area contributed by atoms with E-state index in [1.807, 2.05) is 0 Å². The molecule has 18 heavy (non-hydrogen) atoms. The number of amides is 1. The normalized spacial score (nSPS) is 11.6. The molecule has 0 aliphatic carbocycles. The average molecular weight is 264 g/mol. The van der Waals surface area contributed by atoms with Gasteiger partial charge in [-0.3, -0.25) is 4.79 Å². The molecule has 0 fully saturated rings. The van der Waals surface area contributed by atoms with Gasteiger partial charge in [-0.05, 0) is 0 Å². The first-order valence-electron chi connectivity index (χ1n) is 5.27. The lowest BCUT2D eigenvalue weighted by molar-refractivity contribution is -0.133. The van der Waals surface area contributed by atoms with Crippen LogP contribution in [0.2, 0.25) is 0 Å². The monoisotopic (exact) mass is 264 g/mol. The molecule has 0 unspecified atom stereocenters. The molecule has 0 aromatic carbocycles. The van der Waals surface area contributed by atoms with Crippen LogP contribution in [0.25, 0.3) is 0 Å². The molecule has 8 heteroatoms. The average Bonchev–Trinajstić information content (AvgIpc) is 2.62. The Bertz CT molecular complexity index is 402. The molecule has 0 atom stereocenters. The number of nitrogens with one attached hydrogen (secondary N) is 1. The first kappa shape index (κ1) is 14.5. The van der Waals surface area contributed by atoms with Crippen LogP contribution < -0.4 is 5.32 Å². The molecular formula is C10H15F3N4O.